The quantitative estimate of drug-likeness (QED) is 0.563. The molecular formula is C10H15P. The Kier molecular flexibility index (Phi) is 2.67. The van der Waals surface area contributed by atoms with Crippen LogP contribution in [-0.4, -0.2) is 13.3 Å². The first kappa shape index (κ1) is 8.74. The Morgan fingerprint density at radius 1 is 1.00 bits per heavy atom. The molecule has 1 aromatic rings. The van der Waals surface area contributed by atoms with Gasteiger partial charge in [-0.05, 0) is 43.6 Å². The third kappa shape index (κ3) is 1.81. The summed E-state index contributed by atoms with van der Waals surface area (Å²) in [6, 6.07) is 6.53. The second-order valence-electron chi connectivity index (χ2n) is 3.13. The zero-order chi connectivity index (χ0) is 8.43. The second kappa shape index (κ2) is 3.36. The molecule has 0 heterocycles. The van der Waals surface area contributed by atoms with Crippen LogP contribution in [0.3, 0.4) is 0 Å². The van der Waals surface area contributed by atoms with Crippen molar-refractivity contribution in [1.82, 2.24) is 0 Å². The van der Waals surface area contributed by atoms with Gasteiger partial charge in [0.15, 0.2) is 0 Å². The Morgan fingerprint density at radius 3 is 1.73 bits per heavy atom. The van der Waals surface area contributed by atoms with Crippen molar-refractivity contribution in [3.8, 4) is 0 Å². The first-order valence-corrected chi connectivity index (χ1v) is 6.10. The van der Waals surface area contributed by atoms with E-state index >= 15 is 0 Å². The molecule has 0 radical (unpaired) electrons. The summed E-state index contributed by atoms with van der Waals surface area (Å²) in [5.41, 5.74) is 2.89. The monoisotopic (exact) mass is 166 g/mol. The molecule has 0 N–H and O–H groups in total. The molecular weight excluding hydrogens is 151 g/mol. The van der Waals surface area contributed by atoms with Gasteiger partial charge in [-0.2, -0.15) is 0 Å². The molecule has 0 aliphatic heterocycles. The van der Waals surface area contributed by atoms with E-state index in [0.717, 1.165) is 0 Å². The Morgan fingerprint density at radius 2 is 1.45 bits per heavy atom. The highest BCUT2D eigenvalue weighted by Gasteiger charge is 2.04. The van der Waals surface area contributed by atoms with E-state index in [1.54, 1.807) is 5.30 Å². The summed E-state index contributed by atoms with van der Waals surface area (Å²) in [5.74, 6) is 0. The fraction of sp³-hybridized carbons (Fsp3) is 0.400. The molecule has 1 aromatic carbocycles. The molecule has 0 saturated carbocycles. The summed E-state index contributed by atoms with van der Waals surface area (Å²) in [6.45, 7) is 9.02. The first-order valence-electron chi connectivity index (χ1n) is 3.86. The van der Waals surface area contributed by atoms with Gasteiger partial charge in [-0.3, -0.25) is 0 Å². The minimum absolute atomic E-state index is 0.0628. The summed E-state index contributed by atoms with van der Waals surface area (Å²) in [7, 11) is 0.0628. The molecule has 0 fully saturated rings. The SMILES string of the molecule is Cc1cccc(C)c1P(C)C. The molecule has 0 aliphatic carbocycles. The van der Waals surface area contributed by atoms with Crippen LogP contribution in [0.1, 0.15) is 11.1 Å². The van der Waals surface area contributed by atoms with Crippen molar-refractivity contribution < 1.29 is 0 Å². The molecule has 0 saturated heterocycles. The van der Waals surface area contributed by atoms with E-state index in [4.69, 9.17) is 0 Å². The van der Waals surface area contributed by atoms with E-state index in [2.05, 4.69) is 45.4 Å². The molecule has 0 bridgehead atoms. The largest absolute Gasteiger partial charge is 0.0811 e. The first-order chi connectivity index (χ1) is 5.13. The van der Waals surface area contributed by atoms with Gasteiger partial charge in [-0.1, -0.05) is 26.1 Å². The van der Waals surface area contributed by atoms with Gasteiger partial charge in [0.25, 0.3) is 0 Å². The topological polar surface area (TPSA) is 0 Å². The van der Waals surface area contributed by atoms with Gasteiger partial charge >= 0.3 is 0 Å². The normalized spacial score (nSPS) is 10.6. The van der Waals surface area contributed by atoms with E-state index in [9.17, 15) is 0 Å². The third-order valence-electron chi connectivity index (χ3n) is 1.89. The van der Waals surface area contributed by atoms with Gasteiger partial charge in [0.1, 0.15) is 0 Å². The molecule has 0 atom stereocenters. The van der Waals surface area contributed by atoms with Gasteiger partial charge in [-0.25, -0.2) is 0 Å². The smallest absolute Gasteiger partial charge is 0.0188 e. The fourth-order valence-corrected chi connectivity index (χ4v) is 3.07. The molecule has 0 aliphatic rings. The Labute approximate surface area is 70.4 Å². The van der Waals surface area contributed by atoms with Gasteiger partial charge in [0, 0.05) is 0 Å². The number of hydrogen-bond donors (Lipinski definition) is 0. The van der Waals surface area contributed by atoms with Crippen LogP contribution < -0.4 is 5.30 Å². The summed E-state index contributed by atoms with van der Waals surface area (Å²) >= 11 is 0. The number of benzene rings is 1. The van der Waals surface area contributed by atoms with Crippen LogP contribution in [0, 0.1) is 13.8 Å². The Balaban J connectivity index is 3.21. The third-order valence-corrected chi connectivity index (χ3v) is 3.49. The lowest BCUT2D eigenvalue weighted by Crippen LogP contribution is -2.07. The van der Waals surface area contributed by atoms with Gasteiger partial charge in [0.2, 0.25) is 0 Å². The summed E-state index contributed by atoms with van der Waals surface area (Å²) in [4.78, 5) is 0. The van der Waals surface area contributed by atoms with Crippen LogP contribution in [0.25, 0.3) is 0 Å². The molecule has 0 aromatic heterocycles. The number of hydrogen-bond acceptors (Lipinski definition) is 0. The van der Waals surface area contributed by atoms with E-state index in [1.165, 1.54) is 11.1 Å². The van der Waals surface area contributed by atoms with E-state index in [-0.39, 0.29) is 7.92 Å². The molecule has 0 unspecified atom stereocenters. The molecule has 0 amide bonds. The van der Waals surface area contributed by atoms with E-state index < -0.39 is 0 Å². The summed E-state index contributed by atoms with van der Waals surface area (Å²) < 4.78 is 0. The van der Waals surface area contributed by atoms with Crippen molar-refractivity contribution in [2.24, 2.45) is 0 Å². The van der Waals surface area contributed by atoms with Crippen molar-refractivity contribution in [3.05, 3.63) is 29.3 Å². The van der Waals surface area contributed by atoms with E-state index in [1.807, 2.05) is 0 Å². The van der Waals surface area contributed by atoms with Crippen LogP contribution in [0.4, 0.5) is 0 Å². The van der Waals surface area contributed by atoms with Crippen LogP contribution in [0.5, 0.6) is 0 Å². The second-order valence-corrected chi connectivity index (χ2v) is 5.37. The Hall–Kier alpha value is -0.350. The predicted octanol–water partition coefficient (Wildman–Crippen LogP) is 2.67. The van der Waals surface area contributed by atoms with Gasteiger partial charge in [0.05, 0.1) is 0 Å². The lowest BCUT2D eigenvalue weighted by atomic mass is 10.2. The highest BCUT2D eigenvalue weighted by molar-refractivity contribution is 7.64. The van der Waals surface area contributed by atoms with Crippen LogP contribution in [0.15, 0.2) is 18.2 Å². The van der Waals surface area contributed by atoms with Crippen LogP contribution >= 0.6 is 7.92 Å². The lowest BCUT2D eigenvalue weighted by molar-refractivity contribution is 1.43. The molecule has 1 rings (SSSR count). The zero-order valence-electron chi connectivity index (χ0n) is 7.68. The van der Waals surface area contributed by atoms with E-state index in [0.29, 0.717) is 0 Å². The lowest BCUT2D eigenvalue weighted by Gasteiger charge is -2.12. The van der Waals surface area contributed by atoms with Crippen molar-refractivity contribution in [3.63, 3.8) is 0 Å². The molecule has 0 spiro atoms. The van der Waals surface area contributed by atoms with Crippen molar-refractivity contribution in [2.75, 3.05) is 13.3 Å². The van der Waals surface area contributed by atoms with Crippen molar-refractivity contribution in [1.29, 1.82) is 0 Å². The summed E-state index contributed by atoms with van der Waals surface area (Å²) in [5, 5.41) is 1.57. The highest BCUT2D eigenvalue weighted by atomic mass is 31.1. The maximum Gasteiger partial charge on any atom is -0.0188 e. The predicted molar refractivity (Wildman–Crippen MR) is 54.3 cm³/mol. The van der Waals surface area contributed by atoms with Crippen molar-refractivity contribution >= 4 is 13.2 Å². The minimum Gasteiger partial charge on any atom is -0.0811 e. The maximum atomic E-state index is 2.31. The molecule has 1 heteroatoms. The molecule has 0 nitrogen and oxygen atoms in total. The van der Waals surface area contributed by atoms with Crippen molar-refractivity contribution in [2.45, 2.75) is 13.8 Å². The van der Waals surface area contributed by atoms with Gasteiger partial charge in [-0.15, -0.1) is 0 Å². The average molecular weight is 166 g/mol. The standard InChI is InChI=1S/C10H15P/c1-8-6-5-7-9(2)10(8)11(3)4/h5-7H,1-4H3. The van der Waals surface area contributed by atoms with Crippen LogP contribution in [-0.2, 0) is 0 Å². The number of rotatable bonds is 1. The maximum absolute atomic E-state index is 2.31. The Bertz CT molecular complexity index is 231. The average Bonchev–Trinajstić information content (AvgIpc) is 1.85. The number of aryl methyl sites for hydroxylation is 2. The fourth-order valence-electron chi connectivity index (χ4n) is 1.51. The highest BCUT2D eigenvalue weighted by Crippen LogP contribution is 2.27. The molecule has 11 heavy (non-hydrogen) atoms. The summed E-state index contributed by atoms with van der Waals surface area (Å²) in [6.07, 6.45) is 0. The molecule has 60 valence electrons. The zero-order valence-corrected chi connectivity index (χ0v) is 8.57. The van der Waals surface area contributed by atoms with Crippen LogP contribution in [0.2, 0.25) is 0 Å². The minimum atomic E-state index is 0.0628. The van der Waals surface area contributed by atoms with Gasteiger partial charge < -0.3 is 0 Å².